The standard InChI is InChI=1S/C16H19NOS/c1-12(19-15-6-4-3-5-7-15)16(17)13-8-10-14(18-2)11-9-13/h3-12,16H,17H2,1-2H3/t12-,16-/m0/s1. The van der Waals surface area contributed by atoms with Gasteiger partial charge in [0.2, 0.25) is 0 Å². The van der Waals surface area contributed by atoms with Gasteiger partial charge >= 0.3 is 0 Å². The lowest BCUT2D eigenvalue weighted by Gasteiger charge is -2.20. The zero-order chi connectivity index (χ0) is 13.7. The number of methoxy groups -OCH3 is 1. The molecule has 2 N–H and O–H groups in total. The first-order valence-corrected chi connectivity index (χ1v) is 7.20. The first kappa shape index (κ1) is 14.0. The molecule has 0 heterocycles. The molecule has 3 heteroatoms. The molecule has 2 rings (SSSR count). The van der Waals surface area contributed by atoms with E-state index in [4.69, 9.17) is 10.5 Å². The van der Waals surface area contributed by atoms with Gasteiger partial charge in [-0.2, -0.15) is 0 Å². The van der Waals surface area contributed by atoms with Gasteiger partial charge in [-0.25, -0.2) is 0 Å². The summed E-state index contributed by atoms with van der Waals surface area (Å²) in [5.41, 5.74) is 7.45. The molecule has 0 aliphatic carbocycles. The summed E-state index contributed by atoms with van der Waals surface area (Å²) in [6, 6.07) is 18.3. The summed E-state index contributed by atoms with van der Waals surface area (Å²) >= 11 is 1.80. The molecule has 0 aliphatic heterocycles. The molecular weight excluding hydrogens is 254 g/mol. The predicted molar refractivity (Wildman–Crippen MR) is 81.7 cm³/mol. The smallest absolute Gasteiger partial charge is 0.118 e. The molecule has 2 aromatic carbocycles. The average molecular weight is 273 g/mol. The quantitative estimate of drug-likeness (QED) is 0.840. The van der Waals surface area contributed by atoms with Crippen LogP contribution in [0.2, 0.25) is 0 Å². The zero-order valence-electron chi connectivity index (χ0n) is 11.2. The van der Waals surface area contributed by atoms with E-state index in [-0.39, 0.29) is 6.04 Å². The third kappa shape index (κ3) is 3.75. The van der Waals surface area contributed by atoms with E-state index in [0.29, 0.717) is 5.25 Å². The first-order chi connectivity index (χ1) is 9.20. The molecule has 0 aliphatic rings. The third-order valence-corrected chi connectivity index (χ3v) is 4.28. The molecule has 0 spiro atoms. The number of thioether (sulfide) groups is 1. The Labute approximate surface area is 119 Å². The fourth-order valence-corrected chi connectivity index (χ4v) is 2.93. The molecule has 0 saturated heterocycles. The molecule has 2 aromatic rings. The van der Waals surface area contributed by atoms with Gasteiger partial charge in [0.15, 0.2) is 0 Å². The molecule has 100 valence electrons. The number of hydrogen-bond acceptors (Lipinski definition) is 3. The summed E-state index contributed by atoms with van der Waals surface area (Å²) in [5.74, 6) is 0.860. The van der Waals surface area contributed by atoms with Crippen LogP contribution in [0.15, 0.2) is 59.5 Å². The molecule has 0 bridgehead atoms. The lowest BCUT2D eigenvalue weighted by Crippen LogP contribution is -2.20. The third-order valence-electron chi connectivity index (χ3n) is 3.07. The highest BCUT2D eigenvalue weighted by Gasteiger charge is 2.16. The van der Waals surface area contributed by atoms with Crippen molar-refractivity contribution in [1.29, 1.82) is 0 Å². The summed E-state index contributed by atoms with van der Waals surface area (Å²) in [4.78, 5) is 1.25. The van der Waals surface area contributed by atoms with Gasteiger partial charge in [-0.05, 0) is 29.8 Å². The largest absolute Gasteiger partial charge is 0.497 e. The van der Waals surface area contributed by atoms with Crippen LogP contribution >= 0.6 is 11.8 Å². The van der Waals surface area contributed by atoms with Crippen LogP contribution in [0, 0.1) is 0 Å². The molecule has 2 atom stereocenters. The van der Waals surface area contributed by atoms with E-state index in [0.717, 1.165) is 11.3 Å². The fraction of sp³-hybridized carbons (Fsp3) is 0.250. The minimum atomic E-state index is 0.0103. The van der Waals surface area contributed by atoms with Crippen molar-refractivity contribution in [3.8, 4) is 5.75 Å². The molecule has 0 saturated carbocycles. The lowest BCUT2D eigenvalue weighted by atomic mass is 10.1. The van der Waals surface area contributed by atoms with Crippen LogP contribution in [0.3, 0.4) is 0 Å². The van der Waals surface area contributed by atoms with Crippen molar-refractivity contribution in [2.24, 2.45) is 5.73 Å². The van der Waals surface area contributed by atoms with E-state index in [2.05, 4.69) is 19.1 Å². The van der Waals surface area contributed by atoms with Crippen LogP contribution in [0.1, 0.15) is 18.5 Å². The second-order valence-corrected chi connectivity index (χ2v) is 5.89. The van der Waals surface area contributed by atoms with Gasteiger partial charge in [0.1, 0.15) is 5.75 Å². The molecule has 0 unspecified atom stereocenters. The molecule has 19 heavy (non-hydrogen) atoms. The second kappa shape index (κ2) is 6.64. The van der Waals surface area contributed by atoms with Crippen LogP contribution in [-0.4, -0.2) is 12.4 Å². The van der Waals surface area contributed by atoms with Gasteiger partial charge in [0.05, 0.1) is 7.11 Å². The fourth-order valence-electron chi connectivity index (χ4n) is 1.88. The van der Waals surface area contributed by atoms with Gasteiger partial charge in [0.25, 0.3) is 0 Å². The Bertz CT molecular complexity index is 498. The van der Waals surface area contributed by atoms with Crippen molar-refractivity contribution in [1.82, 2.24) is 0 Å². The highest BCUT2D eigenvalue weighted by Crippen LogP contribution is 2.30. The highest BCUT2D eigenvalue weighted by molar-refractivity contribution is 8.00. The zero-order valence-corrected chi connectivity index (χ0v) is 12.1. The molecule has 2 nitrogen and oxygen atoms in total. The van der Waals surface area contributed by atoms with Crippen LogP contribution in [-0.2, 0) is 0 Å². The van der Waals surface area contributed by atoms with Crippen molar-refractivity contribution in [2.75, 3.05) is 7.11 Å². The average Bonchev–Trinajstić information content (AvgIpc) is 2.47. The van der Waals surface area contributed by atoms with Crippen LogP contribution in [0.25, 0.3) is 0 Å². The number of rotatable bonds is 5. The SMILES string of the molecule is COc1ccc([C@@H](N)[C@H](C)Sc2ccccc2)cc1. The summed E-state index contributed by atoms with van der Waals surface area (Å²) in [5, 5.41) is 0.316. The molecule has 0 fully saturated rings. The number of nitrogens with two attached hydrogens (primary N) is 1. The van der Waals surface area contributed by atoms with Gasteiger partial charge < -0.3 is 10.5 Å². The monoisotopic (exact) mass is 273 g/mol. The maximum atomic E-state index is 6.32. The van der Waals surface area contributed by atoms with Gasteiger partial charge in [-0.15, -0.1) is 11.8 Å². The Hall–Kier alpha value is -1.45. The van der Waals surface area contributed by atoms with Crippen molar-refractivity contribution >= 4 is 11.8 Å². The molecule has 0 aromatic heterocycles. The Kier molecular flexibility index (Phi) is 4.88. The van der Waals surface area contributed by atoms with Crippen molar-refractivity contribution in [3.63, 3.8) is 0 Å². The van der Waals surface area contributed by atoms with E-state index in [1.807, 2.05) is 42.5 Å². The summed E-state index contributed by atoms with van der Waals surface area (Å²) in [6.07, 6.45) is 0. The molecule has 0 amide bonds. The summed E-state index contributed by atoms with van der Waals surface area (Å²) < 4.78 is 5.16. The first-order valence-electron chi connectivity index (χ1n) is 6.32. The summed E-state index contributed by atoms with van der Waals surface area (Å²) in [6.45, 7) is 2.16. The van der Waals surface area contributed by atoms with E-state index in [1.165, 1.54) is 4.90 Å². The Balaban J connectivity index is 2.03. The van der Waals surface area contributed by atoms with E-state index in [1.54, 1.807) is 18.9 Å². The number of ether oxygens (including phenoxy) is 1. The van der Waals surface area contributed by atoms with Crippen molar-refractivity contribution < 1.29 is 4.74 Å². The topological polar surface area (TPSA) is 35.2 Å². The molecular formula is C16H19NOS. The maximum absolute atomic E-state index is 6.32. The Morgan fingerprint density at radius 2 is 1.63 bits per heavy atom. The van der Waals surface area contributed by atoms with Crippen LogP contribution in [0.5, 0.6) is 5.75 Å². The van der Waals surface area contributed by atoms with Crippen LogP contribution in [0.4, 0.5) is 0 Å². The maximum Gasteiger partial charge on any atom is 0.118 e. The van der Waals surface area contributed by atoms with Gasteiger partial charge in [0, 0.05) is 16.2 Å². The minimum absolute atomic E-state index is 0.0103. The predicted octanol–water partition coefficient (Wildman–Crippen LogP) is 3.88. The lowest BCUT2D eigenvalue weighted by molar-refractivity contribution is 0.414. The van der Waals surface area contributed by atoms with Crippen molar-refractivity contribution in [3.05, 3.63) is 60.2 Å². The van der Waals surface area contributed by atoms with E-state index in [9.17, 15) is 0 Å². The normalized spacial score (nSPS) is 13.8. The minimum Gasteiger partial charge on any atom is -0.497 e. The summed E-state index contributed by atoms with van der Waals surface area (Å²) in [7, 11) is 1.67. The van der Waals surface area contributed by atoms with Gasteiger partial charge in [-0.1, -0.05) is 37.3 Å². The Morgan fingerprint density at radius 3 is 2.21 bits per heavy atom. The highest BCUT2D eigenvalue weighted by atomic mass is 32.2. The van der Waals surface area contributed by atoms with E-state index < -0.39 is 0 Å². The van der Waals surface area contributed by atoms with Crippen molar-refractivity contribution in [2.45, 2.75) is 23.1 Å². The number of hydrogen-bond donors (Lipinski definition) is 1. The second-order valence-electron chi connectivity index (χ2n) is 4.43. The Morgan fingerprint density at radius 1 is 1.00 bits per heavy atom. The van der Waals surface area contributed by atoms with Crippen LogP contribution < -0.4 is 10.5 Å². The van der Waals surface area contributed by atoms with Gasteiger partial charge in [-0.3, -0.25) is 0 Å². The number of benzene rings is 2. The molecule has 0 radical (unpaired) electrons. The van der Waals surface area contributed by atoms with E-state index >= 15 is 0 Å².